The molecule has 0 aliphatic carbocycles. The van der Waals surface area contributed by atoms with Crippen LogP contribution in [0.2, 0.25) is 0 Å². The minimum atomic E-state index is 0.994. The zero-order valence-electron chi connectivity index (χ0n) is 6.82. The molecule has 0 N–H and O–H groups in total. The van der Waals surface area contributed by atoms with E-state index >= 15 is 0 Å². The van der Waals surface area contributed by atoms with Crippen LogP contribution in [0, 0.1) is 6.92 Å². The minimum Gasteiger partial charge on any atom is -0.0600 e. The van der Waals surface area contributed by atoms with Gasteiger partial charge in [-0.3, -0.25) is 0 Å². The highest BCUT2D eigenvalue weighted by molar-refractivity contribution is 9.11. The molecule has 0 aliphatic heterocycles. The van der Waals surface area contributed by atoms with Crippen molar-refractivity contribution in [2.24, 2.45) is 0 Å². The first-order valence-corrected chi connectivity index (χ1v) is 5.56. The van der Waals surface area contributed by atoms with Crippen molar-refractivity contribution in [3.8, 4) is 0 Å². The molecule has 0 spiro atoms. The van der Waals surface area contributed by atoms with Crippen LogP contribution in [0.3, 0.4) is 0 Å². The van der Waals surface area contributed by atoms with Crippen LogP contribution in [-0.2, 0) is 6.42 Å². The molecular formula is C10H11Br2. The van der Waals surface area contributed by atoms with E-state index in [0.29, 0.717) is 0 Å². The van der Waals surface area contributed by atoms with E-state index in [1.54, 1.807) is 0 Å². The predicted octanol–water partition coefficient (Wildman–Crippen LogP) is 4.37. The van der Waals surface area contributed by atoms with E-state index in [1.807, 2.05) is 6.07 Å². The van der Waals surface area contributed by atoms with Gasteiger partial charge in [-0.1, -0.05) is 51.3 Å². The van der Waals surface area contributed by atoms with Crippen LogP contribution in [0.1, 0.15) is 18.4 Å². The first-order chi connectivity index (χ1) is 5.75. The van der Waals surface area contributed by atoms with Crippen molar-refractivity contribution in [2.75, 3.05) is 0 Å². The Bertz CT molecular complexity index is 236. The van der Waals surface area contributed by atoms with E-state index in [-0.39, 0.29) is 0 Å². The third-order valence-electron chi connectivity index (χ3n) is 1.74. The van der Waals surface area contributed by atoms with Crippen molar-refractivity contribution in [1.29, 1.82) is 0 Å². The molecular weight excluding hydrogens is 280 g/mol. The van der Waals surface area contributed by atoms with Gasteiger partial charge in [-0.25, -0.2) is 0 Å². The Morgan fingerprint density at radius 2 is 1.75 bits per heavy atom. The number of unbranched alkanes of at least 4 members (excludes halogenated alkanes) is 1. The predicted molar refractivity (Wildman–Crippen MR) is 60.1 cm³/mol. The molecule has 0 nitrogen and oxygen atoms in total. The van der Waals surface area contributed by atoms with Gasteiger partial charge in [0.05, 0.1) is 0 Å². The SMILES string of the molecule is [CH2]CCCc1c(Br)cccc1Br. The highest BCUT2D eigenvalue weighted by Crippen LogP contribution is 2.26. The maximum Gasteiger partial charge on any atom is 0.0218 e. The Kier molecular flexibility index (Phi) is 4.30. The van der Waals surface area contributed by atoms with Crippen LogP contribution in [-0.4, -0.2) is 0 Å². The smallest absolute Gasteiger partial charge is 0.0218 e. The molecule has 1 rings (SSSR count). The summed E-state index contributed by atoms with van der Waals surface area (Å²) in [4.78, 5) is 0. The Morgan fingerprint density at radius 3 is 2.25 bits per heavy atom. The van der Waals surface area contributed by atoms with E-state index in [1.165, 1.54) is 14.5 Å². The Labute approximate surface area is 90.6 Å². The molecule has 0 heterocycles. The summed E-state index contributed by atoms with van der Waals surface area (Å²) in [6.45, 7) is 3.83. The Hall–Kier alpha value is 0.180. The topological polar surface area (TPSA) is 0 Å². The fraction of sp³-hybridized carbons (Fsp3) is 0.300. The standard InChI is InChI=1S/C10H11Br2/c1-2-3-5-8-9(11)6-4-7-10(8)12/h4,6-7H,1-3,5H2. The van der Waals surface area contributed by atoms with Crippen molar-refractivity contribution < 1.29 is 0 Å². The average molecular weight is 291 g/mol. The lowest BCUT2D eigenvalue weighted by molar-refractivity contribution is 0.834. The number of rotatable bonds is 3. The van der Waals surface area contributed by atoms with Crippen molar-refractivity contribution >= 4 is 31.9 Å². The Morgan fingerprint density at radius 1 is 1.17 bits per heavy atom. The molecule has 0 saturated carbocycles. The molecule has 0 aromatic heterocycles. The van der Waals surface area contributed by atoms with Gasteiger partial charge in [0.25, 0.3) is 0 Å². The number of benzene rings is 1. The van der Waals surface area contributed by atoms with Crippen LogP contribution in [0.5, 0.6) is 0 Å². The van der Waals surface area contributed by atoms with Crippen LogP contribution in [0.25, 0.3) is 0 Å². The normalized spacial score (nSPS) is 10.2. The second kappa shape index (κ2) is 5.03. The number of hydrogen-bond acceptors (Lipinski definition) is 0. The molecule has 0 amide bonds. The summed E-state index contributed by atoms with van der Waals surface area (Å²) in [6.07, 6.45) is 3.22. The lowest BCUT2D eigenvalue weighted by Gasteiger charge is -2.05. The maximum absolute atomic E-state index is 3.83. The van der Waals surface area contributed by atoms with Crippen molar-refractivity contribution in [3.63, 3.8) is 0 Å². The molecule has 1 aromatic rings. The third-order valence-corrected chi connectivity index (χ3v) is 3.22. The summed E-state index contributed by atoms with van der Waals surface area (Å²) >= 11 is 7.05. The monoisotopic (exact) mass is 289 g/mol. The number of halogens is 2. The number of hydrogen-bond donors (Lipinski definition) is 0. The summed E-state index contributed by atoms with van der Waals surface area (Å²) in [5, 5.41) is 0. The zero-order valence-corrected chi connectivity index (χ0v) is 9.99. The summed E-state index contributed by atoms with van der Waals surface area (Å²) in [6, 6.07) is 6.17. The van der Waals surface area contributed by atoms with Gasteiger partial charge in [0.1, 0.15) is 0 Å². The van der Waals surface area contributed by atoms with Crippen LogP contribution < -0.4 is 0 Å². The lowest BCUT2D eigenvalue weighted by atomic mass is 10.1. The van der Waals surface area contributed by atoms with Gasteiger partial charge in [-0.2, -0.15) is 0 Å². The summed E-state index contributed by atoms with van der Waals surface area (Å²) in [7, 11) is 0. The van der Waals surface area contributed by atoms with Gasteiger partial charge in [0, 0.05) is 8.95 Å². The second-order valence-electron chi connectivity index (χ2n) is 2.66. The molecule has 2 heteroatoms. The third kappa shape index (κ3) is 2.60. The van der Waals surface area contributed by atoms with E-state index in [4.69, 9.17) is 0 Å². The van der Waals surface area contributed by atoms with Crippen molar-refractivity contribution in [1.82, 2.24) is 0 Å². The zero-order chi connectivity index (χ0) is 8.97. The van der Waals surface area contributed by atoms with Gasteiger partial charge in [0.2, 0.25) is 0 Å². The van der Waals surface area contributed by atoms with E-state index in [0.717, 1.165) is 19.3 Å². The molecule has 0 unspecified atom stereocenters. The average Bonchev–Trinajstić information content (AvgIpc) is 2.04. The van der Waals surface area contributed by atoms with Crippen molar-refractivity contribution in [3.05, 3.63) is 39.6 Å². The van der Waals surface area contributed by atoms with Gasteiger partial charge >= 0.3 is 0 Å². The second-order valence-corrected chi connectivity index (χ2v) is 4.37. The maximum atomic E-state index is 3.83. The molecule has 0 aliphatic rings. The van der Waals surface area contributed by atoms with Crippen molar-refractivity contribution in [2.45, 2.75) is 19.3 Å². The van der Waals surface area contributed by atoms with Gasteiger partial charge < -0.3 is 0 Å². The lowest BCUT2D eigenvalue weighted by Crippen LogP contribution is -1.87. The molecule has 0 atom stereocenters. The van der Waals surface area contributed by atoms with Gasteiger partial charge in [-0.15, -0.1) is 0 Å². The first kappa shape index (κ1) is 10.3. The molecule has 0 bridgehead atoms. The minimum absolute atomic E-state index is 0.994. The Balaban J connectivity index is 2.81. The van der Waals surface area contributed by atoms with Crippen LogP contribution >= 0.6 is 31.9 Å². The fourth-order valence-electron chi connectivity index (χ4n) is 1.07. The molecule has 0 fully saturated rings. The van der Waals surface area contributed by atoms with E-state index in [9.17, 15) is 0 Å². The molecule has 12 heavy (non-hydrogen) atoms. The molecule has 1 aromatic carbocycles. The molecule has 65 valence electrons. The van der Waals surface area contributed by atoms with Gasteiger partial charge in [0.15, 0.2) is 0 Å². The summed E-state index contributed by atoms with van der Waals surface area (Å²) in [5.41, 5.74) is 1.35. The van der Waals surface area contributed by atoms with Crippen LogP contribution in [0.15, 0.2) is 27.1 Å². The quantitative estimate of drug-likeness (QED) is 0.775. The summed E-state index contributed by atoms with van der Waals surface area (Å²) in [5.74, 6) is 0. The van der Waals surface area contributed by atoms with E-state index in [2.05, 4.69) is 50.9 Å². The first-order valence-electron chi connectivity index (χ1n) is 3.98. The highest BCUT2D eigenvalue weighted by Gasteiger charge is 2.02. The summed E-state index contributed by atoms with van der Waals surface area (Å²) < 4.78 is 2.37. The van der Waals surface area contributed by atoms with E-state index < -0.39 is 0 Å². The van der Waals surface area contributed by atoms with Crippen LogP contribution in [0.4, 0.5) is 0 Å². The molecule has 1 radical (unpaired) electrons. The van der Waals surface area contributed by atoms with Gasteiger partial charge in [-0.05, 0) is 30.5 Å². The fourth-order valence-corrected chi connectivity index (χ4v) is 2.47. The highest BCUT2D eigenvalue weighted by atomic mass is 79.9. The molecule has 0 saturated heterocycles. The largest absolute Gasteiger partial charge is 0.0600 e.